The quantitative estimate of drug-likeness (QED) is 0.513. The Morgan fingerprint density at radius 2 is 1.82 bits per heavy atom. The number of rotatable bonds is 7. The molecule has 0 saturated carbocycles. The SMILES string of the molecule is CCN(CC)C(=O)CN1CCCN(C(=O)c2cc3c(C)nn(Cc4ccc(F)cc4)c3s2)CC1. The van der Waals surface area contributed by atoms with Crippen LogP contribution in [0.1, 0.15) is 41.2 Å². The van der Waals surface area contributed by atoms with Crippen LogP contribution in [0.25, 0.3) is 10.2 Å². The van der Waals surface area contributed by atoms with Crippen LogP contribution in [0.4, 0.5) is 4.39 Å². The van der Waals surface area contributed by atoms with Crippen LogP contribution in [0, 0.1) is 12.7 Å². The molecule has 4 rings (SSSR count). The van der Waals surface area contributed by atoms with Gasteiger partial charge in [0.05, 0.1) is 23.7 Å². The van der Waals surface area contributed by atoms with E-state index in [0.717, 1.165) is 47.5 Å². The van der Waals surface area contributed by atoms with Gasteiger partial charge in [-0.05, 0) is 51.0 Å². The number of hydrogen-bond acceptors (Lipinski definition) is 5. The van der Waals surface area contributed by atoms with Gasteiger partial charge in [-0.15, -0.1) is 11.3 Å². The van der Waals surface area contributed by atoms with Gasteiger partial charge in [-0.1, -0.05) is 12.1 Å². The summed E-state index contributed by atoms with van der Waals surface area (Å²) in [5.41, 5.74) is 1.84. The lowest BCUT2D eigenvalue weighted by molar-refractivity contribution is -0.132. The van der Waals surface area contributed by atoms with Gasteiger partial charge in [-0.2, -0.15) is 5.10 Å². The third-order valence-corrected chi connectivity index (χ3v) is 7.55. The molecule has 0 spiro atoms. The maximum atomic E-state index is 13.3. The second-order valence-electron chi connectivity index (χ2n) is 8.69. The van der Waals surface area contributed by atoms with Gasteiger partial charge in [0.15, 0.2) is 0 Å². The van der Waals surface area contributed by atoms with Gasteiger partial charge in [-0.3, -0.25) is 19.2 Å². The number of amides is 2. The minimum atomic E-state index is -0.261. The Bertz CT molecular complexity index is 1150. The molecule has 3 aromatic rings. The second-order valence-corrected chi connectivity index (χ2v) is 9.72. The largest absolute Gasteiger partial charge is 0.342 e. The number of aromatic nitrogens is 2. The maximum Gasteiger partial charge on any atom is 0.264 e. The van der Waals surface area contributed by atoms with Gasteiger partial charge in [0.25, 0.3) is 5.91 Å². The molecule has 2 amide bonds. The summed E-state index contributed by atoms with van der Waals surface area (Å²) >= 11 is 1.46. The van der Waals surface area contributed by atoms with Gasteiger partial charge in [-0.25, -0.2) is 4.39 Å². The zero-order valence-corrected chi connectivity index (χ0v) is 20.9. The number of fused-ring (bicyclic) bond motifs is 1. The summed E-state index contributed by atoms with van der Waals surface area (Å²) < 4.78 is 15.1. The summed E-state index contributed by atoms with van der Waals surface area (Å²) in [5.74, 6) is -0.0793. The van der Waals surface area contributed by atoms with Gasteiger partial charge in [0.2, 0.25) is 5.91 Å². The van der Waals surface area contributed by atoms with Crippen LogP contribution in [-0.2, 0) is 11.3 Å². The van der Waals surface area contributed by atoms with Crippen LogP contribution in [0.3, 0.4) is 0 Å². The predicted octanol–water partition coefficient (Wildman–Crippen LogP) is 3.61. The van der Waals surface area contributed by atoms with Crippen molar-refractivity contribution in [1.29, 1.82) is 0 Å². The van der Waals surface area contributed by atoms with E-state index in [1.807, 2.05) is 41.3 Å². The predicted molar refractivity (Wildman–Crippen MR) is 133 cm³/mol. The fraction of sp³-hybridized carbons (Fsp3) is 0.480. The van der Waals surface area contributed by atoms with E-state index in [0.29, 0.717) is 37.6 Å². The molecule has 0 atom stereocenters. The van der Waals surface area contributed by atoms with E-state index >= 15 is 0 Å². The number of aryl methyl sites for hydroxylation is 1. The van der Waals surface area contributed by atoms with E-state index in [2.05, 4.69) is 10.00 Å². The first-order valence-corrected chi connectivity index (χ1v) is 12.7. The summed E-state index contributed by atoms with van der Waals surface area (Å²) in [6, 6.07) is 8.35. The number of carbonyl (C=O) groups excluding carboxylic acids is 2. The van der Waals surface area contributed by atoms with Crippen molar-refractivity contribution in [1.82, 2.24) is 24.5 Å². The molecule has 34 heavy (non-hydrogen) atoms. The second kappa shape index (κ2) is 10.7. The first-order chi connectivity index (χ1) is 16.4. The molecular formula is C25H32FN5O2S. The molecule has 0 radical (unpaired) electrons. The summed E-state index contributed by atoms with van der Waals surface area (Å²) in [4.78, 5) is 33.4. The molecule has 0 unspecified atom stereocenters. The highest BCUT2D eigenvalue weighted by Crippen LogP contribution is 2.30. The van der Waals surface area contributed by atoms with Crippen LogP contribution in [-0.4, -0.2) is 82.1 Å². The monoisotopic (exact) mass is 485 g/mol. The first kappa shape index (κ1) is 24.3. The fourth-order valence-electron chi connectivity index (χ4n) is 4.44. The molecule has 1 saturated heterocycles. The highest BCUT2D eigenvalue weighted by molar-refractivity contribution is 7.20. The third-order valence-electron chi connectivity index (χ3n) is 6.41. The molecule has 0 aliphatic carbocycles. The van der Waals surface area contributed by atoms with E-state index in [4.69, 9.17) is 0 Å². The van der Waals surface area contributed by atoms with Crippen LogP contribution in [0.15, 0.2) is 30.3 Å². The average Bonchev–Trinajstić information content (AvgIpc) is 3.29. The Balaban J connectivity index is 1.44. The van der Waals surface area contributed by atoms with Gasteiger partial charge >= 0.3 is 0 Å². The van der Waals surface area contributed by atoms with Crippen LogP contribution >= 0.6 is 11.3 Å². The van der Waals surface area contributed by atoms with E-state index < -0.39 is 0 Å². The Hall–Kier alpha value is -2.78. The molecule has 9 heteroatoms. The van der Waals surface area contributed by atoms with Crippen LogP contribution in [0.5, 0.6) is 0 Å². The topological polar surface area (TPSA) is 61.7 Å². The summed E-state index contributed by atoms with van der Waals surface area (Å²) in [6.45, 7) is 11.1. The molecule has 0 N–H and O–H groups in total. The smallest absolute Gasteiger partial charge is 0.264 e. The molecule has 7 nitrogen and oxygen atoms in total. The summed E-state index contributed by atoms with van der Waals surface area (Å²) in [7, 11) is 0. The van der Waals surface area contributed by atoms with E-state index in [1.165, 1.54) is 23.5 Å². The van der Waals surface area contributed by atoms with Gasteiger partial charge in [0, 0.05) is 44.7 Å². The van der Waals surface area contributed by atoms with Crippen molar-refractivity contribution in [2.75, 3.05) is 45.8 Å². The zero-order chi connectivity index (χ0) is 24.2. The Morgan fingerprint density at radius 3 is 2.53 bits per heavy atom. The van der Waals surface area contributed by atoms with Crippen molar-refractivity contribution in [3.05, 3.63) is 52.3 Å². The number of benzene rings is 1. The van der Waals surface area contributed by atoms with E-state index in [1.54, 1.807) is 12.1 Å². The lowest BCUT2D eigenvalue weighted by atomic mass is 10.2. The number of likely N-dealkylation sites (N-methyl/N-ethyl adjacent to an activating group) is 1. The Labute approximate surface area is 203 Å². The van der Waals surface area contributed by atoms with Gasteiger partial charge in [0.1, 0.15) is 10.6 Å². The molecule has 1 aliphatic heterocycles. The molecule has 182 valence electrons. The number of hydrogen-bond donors (Lipinski definition) is 0. The molecular weight excluding hydrogens is 453 g/mol. The van der Waals surface area contributed by atoms with Crippen LogP contribution in [0.2, 0.25) is 0 Å². The number of nitrogens with zero attached hydrogens (tertiary/aromatic N) is 5. The molecule has 1 fully saturated rings. The minimum Gasteiger partial charge on any atom is -0.342 e. The lowest BCUT2D eigenvalue weighted by Gasteiger charge is -2.25. The first-order valence-electron chi connectivity index (χ1n) is 11.9. The molecule has 1 aromatic carbocycles. The normalized spacial score (nSPS) is 15.0. The fourth-order valence-corrected chi connectivity index (χ4v) is 5.57. The van der Waals surface area contributed by atoms with E-state index in [9.17, 15) is 14.0 Å². The van der Waals surface area contributed by atoms with Crippen molar-refractivity contribution >= 4 is 33.4 Å². The standard InChI is InChI=1S/C25H32FN5O2S/c1-4-29(5-2)23(32)17-28-11-6-12-30(14-13-28)24(33)22-15-21-18(3)27-31(25(21)34-22)16-19-7-9-20(26)10-8-19/h7-10,15H,4-6,11-14,16-17H2,1-3H3. The highest BCUT2D eigenvalue weighted by atomic mass is 32.1. The maximum absolute atomic E-state index is 13.3. The van der Waals surface area contributed by atoms with Gasteiger partial charge < -0.3 is 9.80 Å². The number of halogens is 1. The zero-order valence-electron chi connectivity index (χ0n) is 20.1. The lowest BCUT2D eigenvalue weighted by Crippen LogP contribution is -2.42. The van der Waals surface area contributed by atoms with Crippen molar-refractivity contribution in [3.63, 3.8) is 0 Å². The number of thiophene rings is 1. The van der Waals surface area contributed by atoms with Crippen molar-refractivity contribution in [3.8, 4) is 0 Å². The molecule has 3 heterocycles. The Kier molecular flexibility index (Phi) is 7.63. The van der Waals surface area contributed by atoms with Crippen molar-refractivity contribution in [2.24, 2.45) is 0 Å². The third kappa shape index (κ3) is 5.31. The molecule has 1 aliphatic rings. The average molecular weight is 486 g/mol. The van der Waals surface area contributed by atoms with E-state index in [-0.39, 0.29) is 17.6 Å². The summed E-state index contributed by atoms with van der Waals surface area (Å²) in [6.07, 6.45) is 0.847. The van der Waals surface area contributed by atoms with Crippen molar-refractivity contribution in [2.45, 2.75) is 33.7 Å². The molecule has 2 aromatic heterocycles. The summed E-state index contributed by atoms with van der Waals surface area (Å²) in [5, 5.41) is 5.61. The number of carbonyl (C=O) groups is 2. The highest BCUT2D eigenvalue weighted by Gasteiger charge is 2.25. The Morgan fingerprint density at radius 1 is 1.09 bits per heavy atom. The van der Waals surface area contributed by atoms with Crippen molar-refractivity contribution < 1.29 is 14.0 Å². The van der Waals surface area contributed by atoms with Crippen LogP contribution < -0.4 is 0 Å². The minimum absolute atomic E-state index is 0.0332. The molecule has 0 bridgehead atoms.